The van der Waals surface area contributed by atoms with Crippen molar-refractivity contribution in [2.24, 2.45) is 11.8 Å². The summed E-state index contributed by atoms with van der Waals surface area (Å²) in [7, 11) is 0. The Kier molecular flexibility index (Phi) is 5.20. The standard InChI is InChI=1S/C19H28N2O2S/c22-19(20-8-6-16-5-2-10-24-16)11-18-17-7-9-21(15-3-1-4-15)12-14(17)13-23-18/h2,5,10,14-15,17-18H,1,3-4,6-9,11-13H2,(H,20,22)/t14-,17-,18-/m1/s1. The van der Waals surface area contributed by atoms with Crippen molar-refractivity contribution in [3.05, 3.63) is 22.4 Å². The van der Waals surface area contributed by atoms with Crippen LogP contribution in [0.25, 0.3) is 0 Å². The van der Waals surface area contributed by atoms with Gasteiger partial charge in [0.2, 0.25) is 5.91 Å². The van der Waals surface area contributed by atoms with Crippen molar-refractivity contribution in [1.82, 2.24) is 10.2 Å². The molecule has 2 aliphatic heterocycles. The van der Waals surface area contributed by atoms with Crippen LogP contribution < -0.4 is 5.32 Å². The van der Waals surface area contributed by atoms with E-state index in [-0.39, 0.29) is 12.0 Å². The Morgan fingerprint density at radius 2 is 2.29 bits per heavy atom. The number of nitrogens with one attached hydrogen (secondary N) is 1. The number of likely N-dealkylation sites (tertiary alicyclic amines) is 1. The molecular formula is C19H28N2O2S. The summed E-state index contributed by atoms with van der Waals surface area (Å²) in [6.45, 7) is 3.97. The molecule has 5 heteroatoms. The van der Waals surface area contributed by atoms with Crippen molar-refractivity contribution < 1.29 is 9.53 Å². The van der Waals surface area contributed by atoms with E-state index in [2.05, 4.69) is 27.7 Å². The summed E-state index contributed by atoms with van der Waals surface area (Å²) in [6, 6.07) is 5.02. The number of carbonyl (C=O) groups excluding carboxylic acids is 1. The summed E-state index contributed by atoms with van der Waals surface area (Å²) >= 11 is 1.75. The molecule has 1 aromatic rings. The minimum atomic E-state index is 0.139. The highest BCUT2D eigenvalue weighted by Gasteiger charge is 2.43. The van der Waals surface area contributed by atoms with Crippen molar-refractivity contribution in [2.45, 2.75) is 50.7 Å². The third-order valence-corrected chi connectivity index (χ3v) is 7.01. The van der Waals surface area contributed by atoms with Crippen LogP contribution in [-0.4, -0.2) is 49.2 Å². The number of ether oxygens (including phenoxy) is 1. The van der Waals surface area contributed by atoms with Crippen molar-refractivity contribution in [2.75, 3.05) is 26.2 Å². The molecule has 0 bridgehead atoms. The van der Waals surface area contributed by atoms with Gasteiger partial charge in [0.15, 0.2) is 0 Å². The van der Waals surface area contributed by atoms with E-state index in [1.165, 1.54) is 43.6 Å². The highest BCUT2D eigenvalue weighted by molar-refractivity contribution is 7.09. The molecular weight excluding hydrogens is 320 g/mol. The van der Waals surface area contributed by atoms with Gasteiger partial charge >= 0.3 is 0 Å². The van der Waals surface area contributed by atoms with Crippen LogP contribution in [0, 0.1) is 11.8 Å². The zero-order valence-electron chi connectivity index (χ0n) is 14.3. The fourth-order valence-electron chi connectivity index (χ4n) is 4.44. The van der Waals surface area contributed by atoms with Gasteiger partial charge in [-0.3, -0.25) is 4.79 Å². The maximum atomic E-state index is 12.2. The zero-order chi connectivity index (χ0) is 16.4. The van der Waals surface area contributed by atoms with E-state index >= 15 is 0 Å². The minimum Gasteiger partial charge on any atom is -0.377 e. The van der Waals surface area contributed by atoms with E-state index in [0.29, 0.717) is 18.3 Å². The quantitative estimate of drug-likeness (QED) is 0.859. The molecule has 0 spiro atoms. The predicted octanol–water partition coefficient (Wildman–Crippen LogP) is 2.69. The van der Waals surface area contributed by atoms with Gasteiger partial charge in [-0.1, -0.05) is 12.5 Å². The van der Waals surface area contributed by atoms with Gasteiger partial charge in [0, 0.05) is 29.9 Å². The third kappa shape index (κ3) is 3.68. The van der Waals surface area contributed by atoms with Crippen molar-refractivity contribution in [3.8, 4) is 0 Å². The van der Waals surface area contributed by atoms with Gasteiger partial charge in [-0.25, -0.2) is 0 Å². The number of hydrogen-bond acceptors (Lipinski definition) is 4. The number of amides is 1. The molecule has 1 saturated carbocycles. The fraction of sp³-hybridized carbons (Fsp3) is 0.737. The monoisotopic (exact) mass is 348 g/mol. The van der Waals surface area contributed by atoms with Crippen molar-refractivity contribution >= 4 is 17.2 Å². The molecule has 1 aromatic heterocycles. The Hall–Kier alpha value is -0.910. The van der Waals surface area contributed by atoms with Crippen LogP contribution in [0.1, 0.15) is 37.0 Å². The summed E-state index contributed by atoms with van der Waals surface area (Å²) in [5.74, 6) is 1.38. The Labute approximate surface area is 148 Å². The Morgan fingerprint density at radius 1 is 1.38 bits per heavy atom. The van der Waals surface area contributed by atoms with Gasteiger partial charge in [-0.15, -0.1) is 11.3 Å². The topological polar surface area (TPSA) is 41.6 Å². The SMILES string of the molecule is O=C(C[C@H]1OC[C@H]2CN(C3CCC3)CC[C@H]21)NCCc1cccs1. The van der Waals surface area contributed by atoms with Gasteiger partial charge in [-0.05, 0) is 49.6 Å². The average molecular weight is 349 g/mol. The molecule has 0 radical (unpaired) electrons. The number of carbonyl (C=O) groups is 1. The molecule has 1 N–H and O–H groups in total. The van der Waals surface area contributed by atoms with Gasteiger partial charge in [0.25, 0.3) is 0 Å². The lowest BCUT2D eigenvalue weighted by molar-refractivity contribution is -0.123. The maximum Gasteiger partial charge on any atom is 0.222 e. The first-order valence-corrected chi connectivity index (χ1v) is 10.3. The predicted molar refractivity (Wildman–Crippen MR) is 96.2 cm³/mol. The van der Waals surface area contributed by atoms with E-state index in [9.17, 15) is 4.79 Å². The van der Waals surface area contributed by atoms with Crippen LogP contribution in [0.15, 0.2) is 17.5 Å². The number of thiophene rings is 1. The van der Waals surface area contributed by atoms with Crippen LogP contribution >= 0.6 is 11.3 Å². The summed E-state index contributed by atoms with van der Waals surface area (Å²) < 4.78 is 6.02. The third-order valence-electron chi connectivity index (χ3n) is 6.08. The number of rotatable bonds is 6. The second kappa shape index (κ2) is 7.54. The molecule has 4 rings (SSSR count). The number of nitrogens with zero attached hydrogens (tertiary/aromatic N) is 1. The van der Waals surface area contributed by atoms with Gasteiger partial charge < -0.3 is 15.0 Å². The van der Waals surface area contributed by atoms with Crippen LogP contribution in [0.4, 0.5) is 0 Å². The second-order valence-electron chi connectivity index (χ2n) is 7.55. The second-order valence-corrected chi connectivity index (χ2v) is 8.58. The highest BCUT2D eigenvalue weighted by Crippen LogP contribution is 2.38. The largest absolute Gasteiger partial charge is 0.377 e. The van der Waals surface area contributed by atoms with Gasteiger partial charge in [-0.2, -0.15) is 0 Å². The summed E-state index contributed by atoms with van der Waals surface area (Å²) in [6.07, 6.45) is 6.98. The molecule has 1 amide bonds. The number of fused-ring (bicyclic) bond motifs is 1. The summed E-state index contributed by atoms with van der Waals surface area (Å²) in [5, 5.41) is 5.15. The van der Waals surface area contributed by atoms with E-state index in [1.54, 1.807) is 11.3 Å². The van der Waals surface area contributed by atoms with Crippen molar-refractivity contribution in [3.63, 3.8) is 0 Å². The van der Waals surface area contributed by atoms with E-state index in [1.807, 2.05) is 0 Å². The lowest BCUT2D eigenvalue weighted by Gasteiger charge is -2.43. The van der Waals surface area contributed by atoms with Crippen molar-refractivity contribution in [1.29, 1.82) is 0 Å². The number of piperidine rings is 1. The number of hydrogen-bond donors (Lipinski definition) is 1. The van der Waals surface area contributed by atoms with Crippen LogP contribution in [0.2, 0.25) is 0 Å². The molecule has 2 saturated heterocycles. The first-order valence-electron chi connectivity index (χ1n) is 9.44. The Morgan fingerprint density at radius 3 is 3.04 bits per heavy atom. The molecule has 1 aliphatic carbocycles. The van der Waals surface area contributed by atoms with E-state index in [0.717, 1.165) is 25.6 Å². The zero-order valence-corrected chi connectivity index (χ0v) is 15.1. The molecule has 0 unspecified atom stereocenters. The summed E-state index contributed by atoms with van der Waals surface area (Å²) in [4.78, 5) is 16.2. The average Bonchev–Trinajstić information content (AvgIpc) is 3.16. The lowest BCUT2D eigenvalue weighted by atomic mass is 9.80. The van der Waals surface area contributed by atoms with Crippen LogP contribution in [0.3, 0.4) is 0 Å². The van der Waals surface area contributed by atoms with E-state index < -0.39 is 0 Å². The maximum absolute atomic E-state index is 12.2. The smallest absolute Gasteiger partial charge is 0.222 e. The molecule has 132 valence electrons. The first kappa shape index (κ1) is 16.6. The molecule has 3 atom stereocenters. The molecule has 0 aromatic carbocycles. The summed E-state index contributed by atoms with van der Waals surface area (Å²) in [5.41, 5.74) is 0. The molecule has 3 fully saturated rings. The molecule has 4 nitrogen and oxygen atoms in total. The molecule has 3 heterocycles. The molecule has 24 heavy (non-hydrogen) atoms. The van der Waals surface area contributed by atoms with Gasteiger partial charge in [0.05, 0.1) is 19.1 Å². The highest BCUT2D eigenvalue weighted by atomic mass is 32.1. The Balaban J connectivity index is 1.20. The first-order chi connectivity index (χ1) is 11.8. The minimum absolute atomic E-state index is 0.139. The van der Waals surface area contributed by atoms with E-state index in [4.69, 9.17) is 4.74 Å². The van der Waals surface area contributed by atoms with Crippen LogP contribution in [0.5, 0.6) is 0 Å². The fourth-order valence-corrected chi connectivity index (χ4v) is 5.15. The normalized spacial score (nSPS) is 30.8. The molecule has 3 aliphatic rings. The van der Waals surface area contributed by atoms with Crippen LogP contribution in [-0.2, 0) is 16.0 Å². The Bertz CT molecular complexity index is 544. The van der Waals surface area contributed by atoms with Gasteiger partial charge in [0.1, 0.15) is 0 Å². The lowest BCUT2D eigenvalue weighted by Crippen LogP contribution is -2.49.